The molecular formula is C22H23NO4S. The van der Waals surface area contributed by atoms with Crippen molar-refractivity contribution >= 4 is 28.7 Å². The van der Waals surface area contributed by atoms with E-state index in [2.05, 4.69) is 16.3 Å². The molecule has 6 heteroatoms. The Morgan fingerprint density at radius 1 is 1.21 bits per heavy atom. The second kappa shape index (κ2) is 7.89. The van der Waals surface area contributed by atoms with Gasteiger partial charge in [0.1, 0.15) is 18.1 Å². The van der Waals surface area contributed by atoms with Gasteiger partial charge < -0.3 is 9.84 Å². The molecule has 2 aromatic rings. The summed E-state index contributed by atoms with van der Waals surface area (Å²) in [7, 11) is 0. The van der Waals surface area contributed by atoms with Crippen molar-refractivity contribution in [2.24, 2.45) is 0 Å². The van der Waals surface area contributed by atoms with Crippen molar-refractivity contribution < 1.29 is 19.4 Å². The number of ether oxygens (including phenoxy) is 1. The summed E-state index contributed by atoms with van der Waals surface area (Å²) >= 11 is 1.71. The van der Waals surface area contributed by atoms with Crippen LogP contribution in [-0.2, 0) is 22.6 Å². The summed E-state index contributed by atoms with van der Waals surface area (Å²) in [4.78, 5) is 26.1. The van der Waals surface area contributed by atoms with Crippen LogP contribution in [0.1, 0.15) is 41.3 Å². The van der Waals surface area contributed by atoms with Crippen molar-refractivity contribution in [1.29, 1.82) is 0 Å². The first-order valence-electron chi connectivity index (χ1n) is 9.49. The van der Waals surface area contributed by atoms with E-state index < -0.39 is 5.97 Å². The molecule has 146 valence electrons. The number of carbonyl (C=O) groups is 2. The quantitative estimate of drug-likeness (QED) is 0.851. The second-order valence-electron chi connectivity index (χ2n) is 7.42. The minimum absolute atomic E-state index is 0.000416. The van der Waals surface area contributed by atoms with Gasteiger partial charge in [-0.1, -0.05) is 11.6 Å². The highest BCUT2D eigenvalue weighted by molar-refractivity contribution is 7.11. The molecule has 0 bridgehead atoms. The van der Waals surface area contributed by atoms with E-state index in [9.17, 15) is 14.7 Å². The standard InChI is InChI=1S/C22H23NO4S/c1-14(24)12-23-7-4-16(5-8-23)21-18-10-15(11-20(25)26)2-3-19(18)27-13-17-6-9-28-22(17)21/h2-3,6,9-10H,4-5,7-8,11-13H2,1H3,(H,25,26). The lowest BCUT2D eigenvalue weighted by molar-refractivity contribution is -0.136. The van der Waals surface area contributed by atoms with Crippen molar-refractivity contribution in [3.63, 3.8) is 0 Å². The molecule has 1 saturated heterocycles. The van der Waals surface area contributed by atoms with Gasteiger partial charge in [-0.3, -0.25) is 14.5 Å². The number of likely N-dealkylation sites (tertiary alicyclic amines) is 1. The number of ketones is 1. The molecule has 0 unspecified atom stereocenters. The molecule has 0 atom stereocenters. The van der Waals surface area contributed by atoms with Crippen molar-refractivity contribution in [2.45, 2.75) is 32.8 Å². The van der Waals surface area contributed by atoms with Gasteiger partial charge in [-0.05, 0) is 48.9 Å². The summed E-state index contributed by atoms with van der Waals surface area (Å²) in [5.41, 5.74) is 5.52. The summed E-state index contributed by atoms with van der Waals surface area (Å²) in [6.07, 6.45) is 1.81. The number of hydrogen-bond donors (Lipinski definition) is 1. The van der Waals surface area contributed by atoms with Crippen LogP contribution >= 0.6 is 11.3 Å². The zero-order chi connectivity index (χ0) is 19.7. The van der Waals surface area contributed by atoms with Crippen LogP contribution in [0, 0.1) is 0 Å². The first-order valence-corrected chi connectivity index (χ1v) is 10.4. The summed E-state index contributed by atoms with van der Waals surface area (Å²) in [6.45, 7) is 4.40. The molecule has 1 aromatic carbocycles. The van der Waals surface area contributed by atoms with Gasteiger partial charge in [-0.2, -0.15) is 0 Å². The maximum Gasteiger partial charge on any atom is 0.307 e. The molecule has 3 heterocycles. The Balaban J connectivity index is 1.76. The van der Waals surface area contributed by atoms with E-state index >= 15 is 0 Å². The molecule has 1 N–H and O–H groups in total. The van der Waals surface area contributed by atoms with E-state index in [1.807, 2.05) is 18.2 Å². The van der Waals surface area contributed by atoms with Crippen LogP contribution in [0.15, 0.2) is 35.2 Å². The fourth-order valence-electron chi connectivity index (χ4n) is 4.03. The van der Waals surface area contributed by atoms with E-state index in [1.54, 1.807) is 18.3 Å². The van der Waals surface area contributed by atoms with Crippen molar-refractivity contribution in [1.82, 2.24) is 4.90 Å². The van der Waals surface area contributed by atoms with E-state index in [4.69, 9.17) is 4.74 Å². The summed E-state index contributed by atoms with van der Waals surface area (Å²) in [6, 6.07) is 7.82. The number of thiophene rings is 1. The first kappa shape index (κ1) is 18.9. The number of carboxylic acid groups (broad SMARTS) is 1. The van der Waals surface area contributed by atoms with Gasteiger partial charge in [0.25, 0.3) is 0 Å². The van der Waals surface area contributed by atoms with Crippen molar-refractivity contribution in [2.75, 3.05) is 19.6 Å². The number of aliphatic carboxylic acids is 1. The van der Waals surface area contributed by atoms with Gasteiger partial charge in [-0.25, -0.2) is 0 Å². The number of benzene rings is 1. The number of carboxylic acids is 1. The highest BCUT2D eigenvalue weighted by Crippen LogP contribution is 2.43. The Bertz CT molecular complexity index is 949. The lowest BCUT2D eigenvalue weighted by Crippen LogP contribution is -2.34. The minimum Gasteiger partial charge on any atom is -0.488 e. The number of Topliss-reactive ketones (excluding diaryl/α,β-unsaturated/α-hetero) is 1. The third-order valence-corrected chi connectivity index (χ3v) is 6.26. The Labute approximate surface area is 168 Å². The zero-order valence-electron chi connectivity index (χ0n) is 15.9. The highest BCUT2D eigenvalue weighted by atomic mass is 32.1. The van der Waals surface area contributed by atoms with Crippen LogP contribution in [0.3, 0.4) is 0 Å². The summed E-state index contributed by atoms with van der Waals surface area (Å²) in [5.74, 6) is 0.174. The van der Waals surface area contributed by atoms with Gasteiger partial charge in [0.05, 0.1) is 13.0 Å². The number of carbonyl (C=O) groups excluding carboxylic acids is 1. The third kappa shape index (κ3) is 3.88. The molecule has 0 spiro atoms. The van der Waals surface area contributed by atoms with Crippen LogP contribution in [0.25, 0.3) is 5.57 Å². The molecule has 1 aromatic heterocycles. The highest BCUT2D eigenvalue weighted by Gasteiger charge is 2.26. The number of hydrogen-bond acceptors (Lipinski definition) is 5. The van der Waals surface area contributed by atoms with Crippen LogP contribution < -0.4 is 4.74 Å². The Kier molecular flexibility index (Phi) is 5.33. The number of fused-ring (bicyclic) bond motifs is 2. The van der Waals surface area contributed by atoms with Crippen LogP contribution in [0.5, 0.6) is 5.75 Å². The topological polar surface area (TPSA) is 66.8 Å². The van der Waals surface area contributed by atoms with E-state index in [0.29, 0.717) is 13.2 Å². The maximum absolute atomic E-state index is 11.4. The molecule has 2 aliphatic rings. The van der Waals surface area contributed by atoms with Crippen molar-refractivity contribution in [3.8, 4) is 5.75 Å². The van der Waals surface area contributed by atoms with Gasteiger partial charge in [0.2, 0.25) is 0 Å². The Morgan fingerprint density at radius 3 is 2.71 bits per heavy atom. The number of piperidine rings is 1. The monoisotopic (exact) mass is 397 g/mol. The Morgan fingerprint density at radius 2 is 2.00 bits per heavy atom. The molecule has 0 radical (unpaired) electrons. The predicted molar refractivity (Wildman–Crippen MR) is 109 cm³/mol. The molecular weight excluding hydrogens is 374 g/mol. The van der Waals surface area contributed by atoms with Crippen molar-refractivity contribution in [3.05, 3.63) is 56.8 Å². The largest absolute Gasteiger partial charge is 0.488 e. The molecule has 0 aliphatic carbocycles. The van der Waals surface area contributed by atoms with Gasteiger partial charge in [-0.15, -0.1) is 11.3 Å². The molecule has 28 heavy (non-hydrogen) atoms. The van der Waals surface area contributed by atoms with Crippen LogP contribution in [0.4, 0.5) is 0 Å². The molecule has 5 nitrogen and oxygen atoms in total. The first-order chi connectivity index (χ1) is 13.5. The zero-order valence-corrected chi connectivity index (χ0v) is 16.7. The Hall–Kier alpha value is -2.44. The molecule has 1 fully saturated rings. The smallest absolute Gasteiger partial charge is 0.307 e. The van der Waals surface area contributed by atoms with Gasteiger partial charge in [0.15, 0.2) is 0 Å². The minimum atomic E-state index is -0.835. The van der Waals surface area contributed by atoms with E-state index in [1.165, 1.54) is 21.6 Å². The lowest BCUT2D eigenvalue weighted by atomic mass is 9.89. The van der Waals surface area contributed by atoms with Gasteiger partial charge in [0, 0.05) is 34.7 Å². The molecule has 0 saturated carbocycles. The van der Waals surface area contributed by atoms with E-state index in [0.717, 1.165) is 42.8 Å². The average Bonchev–Trinajstić information content (AvgIpc) is 3.04. The fourth-order valence-corrected chi connectivity index (χ4v) is 5.05. The molecule has 4 rings (SSSR count). The lowest BCUT2D eigenvalue weighted by Gasteiger charge is -2.29. The maximum atomic E-state index is 11.4. The SMILES string of the molecule is CC(=O)CN1CCC(=C2c3cc(CC(=O)O)ccc3OCc3ccsc32)CC1. The number of rotatable bonds is 4. The van der Waals surface area contributed by atoms with Crippen LogP contribution in [0.2, 0.25) is 0 Å². The van der Waals surface area contributed by atoms with E-state index in [-0.39, 0.29) is 12.2 Å². The molecule has 2 aliphatic heterocycles. The van der Waals surface area contributed by atoms with Crippen LogP contribution in [-0.4, -0.2) is 41.4 Å². The third-order valence-electron chi connectivity index (χ3n) is 5.29. The number of nitrogens with zero attached hydrogens (tertiary/aromatic N) is 1. The fraction of sp³-hybridized carbons (Fsp3) is 0.364. The average molecular weight is 397 g/mol. The normalized spacial score (nSPS) is 16.8. The molecule has 0 amide bonds. The summed E-state index contributed by atoms with van der Waals surface area (Å²) in [5, 5.41) is 11.3. The van der Waals surface area contributed by atoms with Gasteiger partial charge >= 0.3 is 5.97 Å². The predicted octanol–water partition coefficient (Wildman–Crippen LogP) is 3.75. The second-order valence-corrected chi connectivity index (χ2v) is 8.34. The summed E-state index contributed by atoms with van der Waals surface area (Å²) < 4.78 is 6.06.